The van der Waals surface area contributed by atoms with Crippen molar-refractivity contribution in [3.05, 3.63) is 60.8 Å². The summed E-state index contributed by atoms with van der Waals surface area (Å²) in [6.07, 6.45) is 34.7. The van der Waals surface area contributed by atoms with Crippen LogP contribution in [0.15, 0.2) is 60.8 Å². The van der Waals surface area contributed by atoms with Gasteiger partial charge in [0.2, 0.25) is 0 Å². The molecule has 0 aliphatic rings. The van der Waals surface area contributed by atoms with Crippen molar-refractivity contribution in [1.29, 1.82) is 0 Å². The standard InChI is InChI=1S/C9H14.C8H14.C4H10S.C2H2/c1-3-5-7-9-8-6-4-2;1-3-5-7-8-6-4-2;1-2-3-4-5;1-2/h3,5-9H,4H2,1-2H3;3,5,7-8H,4,6H2,1-2H3;5H,2-4H2,1H3;1-2H/b5-3-,8-6+,9-7-;5-3-,8-7-;;. The number of rotatable bonds is 8. The van der Waals surface area contributed by atoms with E-state index >= 15 is 0 Å². The van der Waals surface area contributed by atoms with Gasteiger partial charge in [-0.2, -0.15) is 12.6 Å². The average molecular weight is 349 g/mol. The molecule has 0 amide bonds. The highest BCUT2D eigenvalue weighted by atomic mass is 32.1. The fourth-order valence-electron chi connectivity index (χ4n) is 1.06. The predicted octanol–water partition coefficient (Wildman–Crippen LogP) is 7.97. The monoisotopic (exact) mass is 348 g/mol. The largest absolute Gasteiger partial charge is 0.179 e. The number of terminal acetylenes is 1. The van der Waals surface area contributed by atoms with Gasteiger partial charge in [-0.3, -0.25) is 0 Å². The van der Waals surface area contributed by atoms with E-state index in [1.54, 1.807) is 0 Å². The van der Waals surface area contributed by atoms with Crippen molar-refractivity contribution >= 4 is 12.6 Å². The maximum Gasteiger partial charge on any atom is -0.00980 e. The molecule has 0 nitrogen and oxygen atoms in total. The summed E-state index contributed by atoms with van der Waals surface area (Å²) in [4.78, 5) is 0. The van der Waals surface area contributed by atoms with Crippen LogP contribution < -0.4 is 0 Å². The van der Waals surface area contributed by atoms with Crippen molar-refractivity contribution in [1.82, 2.24) is 0 Å². The molecular formula is C23H40S. The average Bonchev–Trinajstić information content (AvgIpc) is 2.62. The topological polar surface area (TPSA) is 0 Å². The van der Waals surface area contributed by atoms with Gasteiger partial charge >= 0.3 is 0 Å². The summed E-state index contributed by atoms with van der Waals surface area (Å²) in [5.74, 6) is 1.04. The Kier molecular flexibility index (Phi) is 54.6. The molecule has 1 heteroatoms. The smallest absolute Gasteiger partial charge is 0.00980 e. The lowest BCUT2D eigenvalue weighted by Crippen LogP contribution is -1.65. The highest BCUT2D eigenvalue weighted by Gasteiger charge is 1.69. The molecule has 138 valence electrons. The maximum atomic E-state index is 4.00. The molecule has 0 bridgehead atoms. The van der Waals surface area contributed by atoms with Crippen LogP contribution in [0.5, 0.6) is 0 Å². The van der Waals surface area contributed by atoms with E-state index in [4.69, 9.17) is 0 Å². The van der Waals surface area contributed by atoms with Crippen LogP contribution in [0.4, 0.5) is 0 Å². The highest BCUT2D eigenvalue weighted by Crippen LogP contribution is 1.88. The Morgan fingerprint density at radius 1 is 0.708 bits per heavy atom. The Labute approximate surface area is 158 Å². The van der Waals surface area contributed by atoms with Gasteiger partial charge in [-0.05, 0) is 38.9 Å². The molecule has 0 aliphatic carbocycles. The van der Waals surface area contributed by atoms with Crippen LogP contribution in [-0.4, -0.2) is 5.75 Å². The van der Waals surface area contributed by atoms with Gasteiger partial charge < -0.3 is 0 Å². The van der Waals surface area contributed by atoms with Gasteiger partial charge in [0.15, 0.2) is 0 Å². The third-order valence-electron chi connectivity index (χ3n) is 2.30. The normalized spacial score (nSPS) is 10.5. The van der Waals surface area contributed by atoms with Crippen LogP contribution >= 0.6 is 12.6 Å². The second-order valence-corrected chi connectivity index (χ2v) is 5.01. The fourth-order valence-corrected chi connectivity index (χ4v) is 1.38. The molecule has 0 saturated carbocycles. The summed E-state index contributed by atoms with van der Waals surface area (Å²) in [7, 11) is 0. The lowest BCUT2D eigenvalue weighted by molar-refractivity contribution is 0.899. The van der Waals surface area contributed by atoms with Crippen molar-refractivity contribution in [3.63, 3.8) is 0 Å². The Morgan fingerprint density at radius 3 is 1.58 bits per heavy atom. The summed E-state index contributed by atoms with van der Waals surface area (Å²) in [5.41, 5.74) is 0. The molecule has 0 fully saturated rings. The van der Waals surface area contributed by atoms with Crippen molar-refractivity contribution in [2.75, 3.05) is 5.75 Å². The minimum absolute atomic E-state index is 1.04. The van der Waals surface area contributed by atoms with Crippen LogP contribution in [0.3, 0.4) is 0 Å². The van der Waals surface area contributed by atoms with E-state index in [1.807, 2.05) is 44.2 Å². The Balaban J connectivity index is -0.000000123. The first-order valence-electron chi connectivity index (χ1n) is 8.91. The van der Waals surface area contributed by atoms with Crippen LogP contribution in [0, 0.1) is 12.8 Å². The number of thiol groups is 1. The van der Waals surface area contributed by atoms with Gasteiger partial charge in [-0.25, -0.2) is 0 Å². The second-order valence-electron chi connectivity index (χ2n) is 4.57. The molecule has 0 aromatic carbocycles. The van der Waals surface area contributed by atoms with Gasteiger partial charge in [0.1, 0.15) is 0 Å². The van der Waals surface area contributed by atoms with E-state index in [9.17, 15) is 0 Å². The molecule has 0 rings (SSSR count). The third-order valence-corrected chi connectivity index (χ3v) is 2.62. The van der Waals surface area contributed by atoms with Crippen LogP contribution in [-0.2, 0) is 0 Å². The Hall–Kier alpha value is -1.39. The Bertz CT molecular complexity index is 325. The molecule has 0 radical (unpaired) electrons. The molecule has 0 spiro atoms. The molecular weight excluding hydrogens is 308 g/mol. The summed E-state index contributed by atoms with van der Waals surface area (Å²) < 4.78 is 0. The third kappa shape index (κ3) is 58.8. The molecule has 0 atom stereocenters. The SMILES string of the molecule is C#C.C/C=C\C=C/CCC.CCCCS.C\C=C/C=C\C=C\CC. The minimum Gasteiger partial charge on any atom is -0.179 e. The first-order valence-corrected chi connectivity index (χ1v) is 9.54. The summed E-state index contributed by atoms with van der Waals surface area (Å²) in [5, 5.41) is 0. The number of hydrogen-bond acceptors (Lipinski definition) is 1. The van der Waals surface area contributed by atoms with Gasteiger partial charge in [0.05, 0.1) is 0 Å². The summed E-state index contributed by atoms with van der Waals surface area (Å²) in [6, 6.07) is 0. The second kappa shape index (κ2) is 43.0. The maximum absolute atomic E-state index is 4.00. The number of unbranched alkanes of at least 4 members (excludes halogenated alkanes) is 2. The van der Waals surface area contributed by atoms with Gasteiger partial charge in [0.25, 0.3) is 0 Å². The first kappa shape index (κ1) is 30.5. The molecule has 0 aliphatic heterocycles. The molecule has 0 saturated heterocycles. The summed E-state index contributed by atoms with van der Waals surface area (Å²) >= 11 is 4.00. The van der Waals surface area contributed by atoms with Crippen molar-refractivity contribution in [3.8, 4) is 12.8 Å². The van der Waals surface area contributed by atoms with E-state index in [0.29, 0.717) is 0 Å². The molecule has 0 aromatic rings. The number of hydrogen-bond donors (Lipinski definition) is 1. The Morgan fingerprint density at radius 2 is 1.21 bits per heavy atom. The van der Waals surface area contributed by atoms with Gasteiger partial charge in [-0.1, -0.05) is 94.4 Å². The molecule has 0 N–H and O–H groups in total. The van der Waals surface area contributed by atoms with E-state index in [2.05, 4.69) is 76.6 Å². The molecule has 0 heterocycles. The molecule has 24 heavy (non-hydrogen) atoms. The van der Waals surface area contributed by atoms with Gasteiger partial charge in [-0.15, -0.1) is 12.8 Å². The number of allylic oxidation sites excluding steroid dienone is 10. The van der Waals surface area contributed by atoms with Crippen LogP contribution in [0.1, 0.15) is 66.7 Å². The van der Waals surface area contributed by atoms with Crippen molar-refractivity contribution in [2.45, 2.75) is 66.7 Å². The van der Waals surface area contributed by atoms with E-state index < -0.39 is 0 Å². The first-order chi connectivity index (χ1) is 11.7. The zero-order chi connectivity index (χ0) is 19.3. The van der Waals surface area contributed by atoms with E-state index in [0.717, 1.165) is 12.2 Å². The van der Waals surface area contributed by atoms with Crippen molar-refractivity contribution < 1.29 is 0 Å². The van der Waals surface area contributed by atoms with E-state index in [-0.39, 0.29) is 0 Å². The molecule has 0 unspecified atom stereocenters. The zero-order valence-electron chi connectivity index (χ0n) is 16.6. The molecule has 0 aromatic heterocycles. The predicted molar refractivity (Wildman–Crippen MR) is 121 cm³/mol. The fraction of sp³-hybridized carbons (Fsp3) is 0.478. The van der Waals surface area contributed by atoms with Crippen molar-refractivity contribution in [2.24, 2.45) is 0 Å². The highest BCUT2D eigenvalue weighted by molar-refractivity contribution is 7.80. The van der Waals surface area contributed by atoms with E-state index in [1.165, 1.54) is 25.7 Å². The van der Waals surface area contributed by atoms with Crippen LogP contribution in [0.2, 0.25) is 0 Å². The zero-order valence-corrected chi connectivity index (χ0v) is 17.5. The minimum atomic E-state index is 1.04. The van der Waals surface area contributed by atoms with Gasteiger partial charge in [0, 0.05) is 0 Å². The van der Waals surface area contributed by atoms with Crippen LogP contribution in [0.25, 0.3) is 0 Å². The lowest BCUT2D eigenvalue weighted by Gasteiger charge is -1.78. The summed E-state index contributed by atoms with van der Waals surface area (Å²) in [6.45, 7) is 10.5. The quantitative estimate of drug-likeness (QED) is 0.256. The lowest BCUT2D eigenvalue weighted by atomic mass is 10.3.